The van der Waals surface area contributed by atoms with Gasteiger partial charge in [0.2, 0.25) is 0 Å². The number of rotatable bonds is 11. The molecule has 0 aliphatic rings. The molecule has 0 amide bonds. The van der Waals surface area contributed by atoms with Crippen LogP contribution in [0.5, 0.6) is 17.2 Å². The van der Waals surface area contributed by atoms with Crippen LogP contribution in [0.3, 0.4) is 0 Å². The van der Waals surface area contributed by atoms with Gasteiger partial charge in [-0.05, 0) is 182 Å². The highest BCUT2D eigenvalue weighted by atomic mass is 28.3. The summed E-state index contributed by atoms with van der Waals surface area (Å²) in [6.07, 6.45) is 3.19. The quantitative estimate of drug-likeness (QED) is 0.116. The summed E-state index contributed by atoms with van der Waals surface area (Å²) >= 11 is 0. The molecule has 3 N–H and O–H groups in total. The van der Waals surface area contributed by atoms with Crippen molar-refractivity contribution in [1.82, 2.24) is 0 Å². The van der Waals surface area contributed by atoms with E-state index in [9.17, 15) is 15.3 Å². The second-order valence-electron chi connectivity index (χ2n) is 37.6. The van der Waals surface area contributed by atoms with E-state index in [-0.39, 0.29) is 43.3 Å². The van der Waals surface area contributed by atoms with E-state index in [2.05, 4.69) is 303 Å². The molecule has 0 saturated heterocycles. The van der Waals surface area contributed by atoms with Crippen molar-refractivity contribution in [1.29, 1.82) is 0 Å². The predicted octanol–water partition coefficient (Wildman–Crippen LogP) is 22.5. The zero-order valence-corrected chi connectivity index (χ0v) is 66.5. The second kappa shape index (κ2) is 27.8. The first-order valence-corrected chi connectivity index (χ1v) is 38.1. The lowest BCUT2D eigenvalue weighted by atomic mass is 9.75. The van der Waals surface area contributed by atoms with Crippen molar-refractivity contribution in [2.45, 2.75) is 338 Å². The van der Waals surface area contributed by atoms with Crippen LogP contribution in [0, 0.1) is 13.8 Å². The van der Waals surface area contributed by atoms with Gasteiger partial charge in [-0.15, -0.1) is 0 Å². The van der Waals surface area contributed by atoms with E-state index in [1.807, 2.05) is 12.1 Å². The largest absolute Gasteiger partial charge is 0.508 e. The molecule has 0 aromatic heterocycles. The van der Waals surface area contributed by atoms with Crippen LogP contribution >= 0.6 is 0 Å². The van der Waals surface area contributed by atoms with Gasteiger partial charge in [-0.2, -0.15) is 0 Å². The third-order valence-corrected chi connectivity index (χ3v) is 30.2. The lowest BCUT2D eigenvalue weighted by molar-refractivity contribution is 0.441. The molecule has 0 unspecified atom stereocenters. The van der Waals surface area contributed by atoms with Crippen LogP contribution in [0.15, 0.2) is 72.8 Å². The SMILES string of the molecule is CC(C)(C)c1cc(CC[Si](C(C)(C)C)(C(C)(C)C)C(C)(C)C)c(C(C)(C)C)cc1O.CC(C)(C)c1cc(CC[Si]c2cccc(C(C)(C)C)c2C(C)(C)C)c(C(C)(C)C)cc1O.Cc1cccc([Si]CCc2cc(C(C)(C)C)c(O)cc2C(C)(C)C)c1C. The Bertz CT molecular complexity index is 3090. The number of aryl methyl sites for hydroxylation is 4. The summed E-state index contributed by atoms with van der Waals surface area (Å²) in [5.74, 6) is 1.31. The second-order valence-corrected chi connectivity index (χ2v) is 47.2. The van der Waals surface area contributed by atoms with E-state index < -0.39 is 8.07 Å². The normalized spacial score (nSPS) is 13.7. The molecule has 5 aromatic carbocycles. The maximum atomic E-state index is 10.8. The molecule has 5 aromatic rings. The first-order chi connectivity index (χ1) is 39.2. The van der Waals surface area contributed by atoms with E-state index >= 15 is 0 Å². The summed E-state index contributed by atoms with van der Waals surface area (Å²) in [4.78, 5) is 0. The molecule has 0 heterocycles. The van der Waals surface area contributed by atoms with E-state index in [0.29, 0.717) is 32.4 Å². The molecular weight excluding hydrogens is 1120 g/mol. The van der Waals surface area contributed by atoms with Crippen LogP contribution in [0.2, 0.25) is 33.2 Å². The summed E-state index contributed by atoms with van der Waals surface area (Å²) in [6, 6.07) is 30.0. The minimum Gasteiger partial charge on any atom is -0.508 e. The van der Waals surface area contributed by atoms with Gasteiger partial charge in [0.05, 0.1) is 27.1 Å². The zero-order chi connectivity index (χ0) is 68.5. The van der Waals surface area contributed by atoms with Crippen LogP contribution in [-0.4, -0.2) is 42.4 Å². The number of hydrogen-bond acceptors (Lipinski definition) is 3. The molecule has 5 rings (SSSR count). The summed E-state index contributed by atoms with van der Waals surface area (Å²) in [7, 11) is -0.205. The fraction of sp³-hybridized carbons (Fsp3) is 0.634. The first-order valence-electron chi connectivity index (χ1n) is 33.5. The molecule has 0 atom stereocenters. The van der Waals surface area contributed by atoms with Gasteiger partial charge in [0.15, 0.2) is 0 Å². The maximum absolute atomic E-state index is 10.8. The Morgan fingerprint density at radius 1 is 0.318 bits per heavy atom. The van der Waals surface area contributed by atoms with Crippen molar-refractivity contribution in [2.75, 3.05) is 0 Å². The zero-order valence-electron chi connectivity index (χ0n) is 63.5. The van der Waals surface area contributed by atoms with Crippen LogP contribution < -0.4 is 10.4 Å². The van der Waals surface area contributed by atoms with Crippen molar-refractivity contribution in [3.05, 3.63) is 145 Å². The molecule has 4 radical (unpaired) electrons. The van der Waals surface area contributed by atoms with Crippen molar-refractivity contribution in [2.24, 2.45) is 0 Å². The van der Waals surface area contributed by atoms with Crippen molar-refractivity contribution < 1.29 is 15.3 Å². The minimum atomic E-state index is -1.80. The predicted molar refractivity (Wildman–Crippen MR) is 397 cm³/mol. The van der Waals surface area contributed by atoms with Gasteiger partial charge in [0.25, 0.3) is 0 Å². The molecule has 0 saturated carbocycles. The van der Waals surface area contributed by atoms with Crippen LogP contribution in [0.4, 0.5) is 0 Å². The summed E-state index contributed by atoms with van der Waals surface area (Å²) in [5, 5.41) is 36.1. The van der Waals surface area contributed by atoms with E-state index in [4.69, 9.17) is 0 Å². The van der Waals surface area contributed by atoms with Gasteiger partial charge >= 0.3 is 0 Å². The van der Waals surface area contributed by atoms with Gasteiger partial charge in [-0.1, -0.05) is 312 Å². The van der Waals surface area contributed by atoms with Gasteiger partial charge in [0.1, 0.15) is 17.2 Å². The molecule has 88 heavy (non-hydrogen) atoms. The molecule has 0 fully saturated rings. The number of aromatic hydroxyl groups is 3. The third-order valence-electron chi connectivity index (χ3n) is 18.8. The minimum absolute atomic E-state index is 0.00899. The third kappa shape index (κ3) is 19.8. The number of benzene rings is 5. The molecule has 0 bridgehead atoms. The number of hydrogen-bond donors (Lipinski definition) is 3. The van der Waals surface area contributed by atoms with E-state index in [1.54, 1.807) is 0 Å². The smallest absolute Gasteiger partial charge is 0.119 e. The molecule has 0 aliphatic carbocycles. The molecule has 3 nitrogen and oxygen atoms in total. The Labute approximate surface area is 550 Å². The molecular formula is C82H132O3Si3. The van der Waals surface area contributed by atoms with Crippen molar-refractivity contribution >= 4 is 37.5 Å². The Kier molecular flexibility index (Phi) is 24.7. The monoisotopic (exact) mass is 1250 g/mol. The number of phenolic OH excluding ortho intramolecular Hbond substituents is 3. The highest BCUT2D eigenvalue weighted by Crippen LogP contribution is 2.64. The Morgan fingerprint density at radius 3 is 0.898 bits per heavy atom. The van der Waals surface area contributed by atoms with Crippen molar-refractivity contribution in [3.8, 4) is 17.2 Å². The standard InChI is InChI=1S/C30H46OSi.C28H52OSi.C24H34OSi/c1-27(2,3)21-14-13-15-25(26(21)30(10,11)12)32-17-16-20-18-23(29(7,8)9)24(31)19-22(20)28(4,5)6;1-24(2,3)21-19-23(29)22(25(4,5)6)18-20(21)16-17-30(26(7,8)9,27(10,11)12)28(13,14)15;1-16-10-9-11-22(17(16)2)26-13-12-18-14-20(24(6,7)8)21(25)15-19(18)23(3,4)5/h13-15,18-19,31H,16-17H2,1-12H3;18-19,29H,16-17H2,1-15H3;9-11,14-15,25H,12-13H2,1-8H3. The van der Waals surface area contributed by atoms with Crippen LogP contribution in [-0.2, 0) is 62.6 Å². The Hall–Kier alpha value is -3.85. The van der Waals surface area contributed by atoms with Gasteiger partial charge in [-0.3, -0.25) is 0 Å². The van der Waals surface area contributed by atoms with Crippen molar-refractivity contribution in [3.63, 3.8) is 0 Å². The Balaban J connectivity index is 0.000000347. The fourth-order valence-electron chi connectivity index (χ4n) is 15.0. The highest BCUT2D eigenvalue weighted by molar-refractivity contribution is 6.87. The first kappa shape index (κ1) is 78.4. The van der Waals surface area contributed by atoms with Gasteiger partial charge < -0.3 is 15.3 Å². The molecule has 490 valence electrons. The van der Waals surface area contributed by atoms with E-state index in [1.165, 1.54) is 72.1 Å². The van der Waals surface area contributed by atoms with Crippen LogP contribution in [0.1, 0.15) is 301 Å². The average molecular weight is 1250 g/mol. The summed E-state index contributed by atoms with van der Waals surface area (Å²) in [5.41, 5.74) is 17.2. The molecule has 6 heteroatoms. The lowest BCUT2D eigenvalue weighted by Crippen LogP contribution is -2.58. The fourth-order valence-corrected chi connectivity index (χ4v) is 27.5. The molecule has 0 aliphatic heterocycles. The van der Waals surface area contributed by atoms with Gasteiger partial charge in [0, 0.05) is 0 Å². The summed E-state index contributed by atoms with van der Waals surface area (Å²) < 4.78 is 0. The summed E-state index contributed by atoms with van der Waals surface area (Å²) in [6.45, 7) is 80.6. The van der Waals surface area contributed by atoms with E-state index in [0.717, 1.165) is 67.1 Å². The average Bonchev–Trinajstić information content (AvgIpc) is 0.818. The van der Waals surface area contributed by atoms with Crippen LogP contribution in [0.25, 0.3) is 0 Å². The maximum Gasteiger partial charge on any atom is 0.119 e. The Morgan fingerprint density at radius 2 is 0.602 bits per heavy atom. The lowest BCUT2D eigenvalue weighted by Gasteiger charge is -2.60. The highest BCUT2D eigenvalue weighted by Gasteiger charge is 2.58. The van der Waals surface area contributed by atoms with Gasteiger partial charge in [-0.25, -0.2) is 0 Å². The molecule has 0 spiro atoms. The topological polar surface area (TPSA) is 60.7 Å². The number of phenols is 3.